The van der Waals surface area contributed by atoms with Crippen LogP contribution in [0.4, 0.5) is 0 Å². The average Bonchev–Trinajstić information content (AvgIpc) is 2.77. The van der Waals surface area contributed by atoms with E-state index in [0.717, 1.165) is 16.1 Å². The molecule has 3 rings (SSSR count). The van der Waals surface area contributed by atoms with Crippen LogP contribution < -0.4 is 0 Å². The molecular weight excluding hydrogens is 270 g/mol. The third kappa shape index (κ3) is 2.07. The number of rotatable bonds is 1. The van der Waals surface area contributed by atoms with Crippen LogP contribution in [0.15, 0.2) is 12.1 Å². The van der Waals surface area contributed by atoms with Gasteiger partial charge in [-0.05, 0) is 59.2 Å². The molecule has 0 bridgehead atoms. The van der Waals surface area contributed by atoms with E-state index in [1.54, 1.807) is 11.3 Å². The Labute approximate surface area is 123 Å². The van der Waals surface area contributed by atoms with Gasteiger partial charge in [0.1, 0.15) is 0 Å². The molecule has 0 amide bonds. The Hall–Kier alpha value is -0.970. The van der Waals surface area contributed by atoms with Gasteiger partial charge in [-0.15, -0.1) is 11.3 Å². The minimum atomic E-state index is -0.301. The molecule has 2 heterocycles. The molecule has 4 heteroatoms. The zero-order chi connectivity index (χ0) is 14.7. The van der Waals surface area contributed by atoms with Gasteiger partial charge in [0.15, 0.2) is 6.29 Å². The van der Waals surface area contributed by atoms with E-state index in [1.807, 2.05) is 6.92 Å². The monoisotopic (exact) mass is 291 g/mol. The standard InChI is InChI=1S/C16H21NO2S/c1-9-7-11(8-12-13(9)17-10(2)20-12)14-18-15(3,4)16(5,6)19-14/h7-8,14H,1-6H3. The van der Waals surface area contributed by atoms with Crippen molar-refractivity contribution >= 4 is 21.6 Å². The molecule has 0 atom stereocenters. The lowest BCUT2D eigenvalue weighted by atomic mass is 9.90. The zero-order valence-electron chi connectivity index (χ0n) is 12.9. The van der Waals surface area contributed by atoms with Crippen LogP contribution in [0.25, 0.3) is 10.2 Å². The maximum atomic E-state index is 6.12. The predicted molar refractivity (Wildman–Crippen MR) is 82.2 cm³/mol. The van der Waals surface area contributed by atoms with Gasteiger partial charge < -0.3 is 9.47 Å². The Bertz CT molecular complexity index is 656. The van der Waals surface area contributed by atoms with E-state index >= 15 is 0 Å². The second-order valence-corrected chi connectivity index (χ2v) is 7.74. The number of aromatic nitrogens is 1. The van der Waals surface area contributed by atoms with Crippen LogP contribution in [0.3, 0.4) is 0 Å². The molecule has 0 spiro atoms. The summed E-state index contributed by atoms with van der Waals surface area (Å²) < 4.78 is 13.4. The Morgan fingerprint density at radius 3 is 2.25 bits per heavy atom. The van der Waals surface area contributed by atoms with Crippen molar-refractivity contribution in [2.75, 3.05) is 0 Å². The summed E-state index contributed by atoms with van der Waals surface area (Å²) in [5, 5.41) is 1.09. The number of benzene rings is 1. The van der Waals surface area contributed by atoms with E-state index in [1.165, 1.54) is 10.3 Å². The predicted octanol–water partition coefficient (Wildman–Crippen LogP) is 4.52. The molecule has 0 saturated carbocycles. The van der Waals surface area contributed by atoms with Gasteiger partial charge in [-0.2, -0.15) is 0 Å². The number of hydrogen-bond donors (Lipinski definition) is 0. The topological polar surface area (TPSA) is 31.4 Å². The van der Waals surface area contributed by atoms with Gasteiger partial charge >= 0.3 is 0 Å². The SMILES string of the molecule is Cc1nc2c(C)cc(C3OC(C)(C)C(C)(C)O3)cc2s1. The average molecular weight is 291 g/mol. The highest BCUT2D eigenvalue weighted by molar-refractivity contribution is 7.18. The first-order chi connectivity index (χ1) is 9.19. The van der Waals surface area contributed by atoms with Crippen molar-refractivity contribution < 1.29 is 9.47 Å². The molecule has 3 nitrogen and oxygen atoms in total. The van der Waals surface area contributed by atoms with Gasteiger partial charge in [0, 0.05) is 5.56 Å². The first-order valence-electron chi connectivity index (χ1n) is 6.93. The van der Waals surface area contributed by atoms with E-state index < -0.39 is 0 Å². The summed E-state index contributed by atoms with van der Waals surface area (Å²) in [6, 6.07) is 4.28. The van der Waals surface area contributed by atoms with Crippen LogP contribution in [0.5, 0.6) is 0 Å². The number of hydrogen-bond acceptors (Lipinski definition) is 4. The third-order valence-electron chi connectivity index (χ3n) is 4.34. The largest absolute Gasteiger partial charge is 0.339 e. The Balaban J connectivity index is 2.04. The second-order valence-electron chi connectivity index (χ2n) is 6.51. The summed E-state index contributed by atoms with van der Waals surface area (Å²) in [6.07, 6.45) is -0.300. The van der Waals surface area contributed by atoms with E-state index in [4.69, 9.17) is 9.47 Å². The Kier molecular flexibility index (Phi) is 2.98. The summed E-state index contributed by atoms with van der Waals surface area (Å²) in [6.45, 7) is 12.4. The molecule has 0 unspecified atom stereocenters. The van der Waals surface area contributed by atoms with Gasteiger partial charge in [0.25, 0.3) is 0 Å². The fraction of sp³-hybridized carbons (Fsp3) is 0.562. The van der Waals surface area contributed by atoms with Gasteiger partial charge in [-0.3, -0.25) is 0 Å². The van der Waals surface area contributed by atoms with E-state index in [0.29, 0.717) is 0 Å². The molecule has 1 aromatic heterocycles. The Morgan fingerprint density at radius 2 is 1.65 bits per heavy atom. The summed E-state index contributed by atoms with van der Waals surface area (Å²) in [5.41, 5.74) is 2.75. The molecule has 1 aliphatic rings. The molecule has 0 N–H and O–H groups in total. The summed E-state index contributed by atoms with van der Waals surface area (Å²) in [7, 11) is 0. The quantitative estimate of drug-likeness (QED) is 0.774. The highest BCUT2D eigenvalue weighted by Gasteiger charge is 2.49. The summed E-state index contributed by atoms with van der Waals surface area (Å²) in [5.74, 6) is 0. The number of ether oxygens (including phenoxy) is 2. The van der Waals surface area contributed by atoms with Gasteiger partial charge in [0.2, 0.25) is 0 Å². The van der Waals surface area contributed by atoms with Crippen LogP contribution in [-0.2, 0) is 9.47 Å². The fourth-order valence-electron chi connectivity index (χ4n) is 2.45. The maximum Gasteiger partial charge on any atom is 0.185 e. The zero-order valence-corrected chi connectivity index (χ0v) is 13.7. The molecule has 2 aromatic rings. The van der Waals surface area contributed by atoms with E-state index in [2.05, 4.69) is 51.7 Å². The lowest BCUT2D eigenvalue weighted by Crippen LogP contribution is -2.41. The highest BCUT2D eigenvalue weighted by Crippen LogP contribution is 2.45. The summed E-state index contributed by atoms with van der Waals surface area (Å²) in [4.78, 5) is 4.57. The number of fused-ring (bicyclic) bond motifs is 1. The normalized spacial score (nSPS) is 21.7. The van der Waals surface area contributed by atoms with E-state index in [9.17, 15) is 0 Å². The van der Waals surface area contributed by atoms with E-state index in [-0.39, 0.29) is 17.5 Å². The maximum absolute atomic E-state index is 6.12. The first-order valence-corrected chi connectivity index (χ1v) is 7.74. The Morgan fingerprint density at radius 1 is 1.05 bits per heavy atom. The lowest BCUT2D eigenvalue weighted by Gasteiger charge is -2.30. The lowest BCUT2D eigenvalue weighted by molar-refractivity contribution is -0.0895. The van der Waals surface area contributed by atoms with Crippen molar-refractivity contribution in [3.8, 4) is 0 Å². The van der Waals surface area contributed by atoms with Crippen LogP contribution in [-0.4, -0.2) is 16.2 Å². The molecule has 108 valence electrons. The smallest absolute Gasteiger partial charge is 0.185 e. The first kappa shape index (κ1) is 14.0. The fourth-order valence-corrected chi connectivity index (χ4v) is 3.40. The molecular formula is C16H21NO2S. The third-order valence-corrected chi connectivity index (χ3v) is 5.26. The highest BCUT2D eigenvalue weighted by atomic mass is 32.1. The van der Waals surface area contributed by atoms with Crippen molar-refractivity contribution in [3.63, 3.8) is 0 Å². The number of thiazole rings is 1. The summed E-state index contributed by atoms with van der Waals surface area (Å²) >= 11 is 1.72. The minimum Gasteiger partial charge on any atom is -0.339 e. The van der Waals surface area contributed by atoms with Crippen LogP contribution in [0.1, 0.15) is 50.1 Å². The number of aryl methyl sites for hydroxylation is 2. The van der Waals surface area contributed by atoms with Crippen LogP contribution in [0, 0.1) is 13.8 Å². The van der Waals surface area contributed by atoms with Gasteiger partial charge in [-0.25, -0.2) is 4.98 Å². The molecule has 20 heavy (non-hydrogen) atoms. The molecule has 1 fully saturated rings. The van der Waals surface area contributed by atoms with Crippen LogP contribution in [0.2, 0.25) is 0 Å². The molecule has 1 aliphatic heterocycles. The van der Waals surface area contributed by atoms with Crippen molar-refractivity contribution in [1.29, 1.82) is 0 Å². The van der Waals surface area contributed by atoms with Crippen LogP contribution >= 0.6 is 11.3 Å². The second kappa shape index (κ2) is 4.26. The molecule has 0 aliphatic carbocycles. The molecule has 1 saturated heterocycles. The van der Waals surface area contributed by atoms with Crippen molar-refractivity contribution in [3.05, 3.63) is 28.3 Å². The van der Waals surface area contributed by atoms with Crippen molar-refractivity contribution in [1.82, 2.24) is 4.98 Å². The molecule has 0 radical (unpaired) electrons. The van der Waals surface area contributed by atoms with Crippen molar-refractivity contribution in [2.45, 2.75) is 59.0 Å². The van der Waals surface area contributed by atoms with Gasteiger partial charge in [0.05, 0.1) is 26.4 Å². The number of nitrogens with zero attached hydrogens (tertiary/aromatic N) is 1. The van der Waals surface area contributed by atoms with Crippen molar-refractivity contribution in [2.24, 2.45) is 0 Å². The van der Waals surface area contributed by atoms with Gasteiger partial charge in [-0.1, -0.05) is 0 Å². The minimum absolute atomic E-state index is 0.300. The molecule has 1 aromatic carbocycles.